The summed E-state index contributed by atoms with van der Waals surface area (Å²) in [5.41, 5.74) is 4.75. The smallest absolute Gasteiger partial charge is 0.408 e. The van der Waals surface area contributed by atoms with E-state index >= 15 is 0 Å². The lowest BCUT2D eigenvalue weighted by atomic mass is 9.98. The Balaban J connectivity index is 0.000000590. The second-order valence-corrected chi connectivity index (χ2v) is 7.86. The number of amides is 2. The van der Waals surface area contributed by atoms with E-state index in [2.05, 4.69) is 17.0 Å². The zero-order chi connectivity index (χ0) is 20.3. The van der Waals surface area contributed by atoms with Gasteiger partial charge >= 0.3 is 12.1 Å². The van der Waals surface area contributed by atoms with Crippen molar-refractivity contribution in [3.8, 4) is 0 Å². The minimum absolute atomic E-state index is 0.107. The Morgan fingerprint density at radius 2 is 1.73 bits per heavy atom. The van der Waals surface area contributed by atoms with Crippen LogP contribution in [0.2, 0.25) is 0 Å². The standard InChI is InChI=1S/C12H22N2O3.C7H14O2/c1-12(2,3)17-11(16)14-9(10(13)15)8-6-4-5-7-8;1-4-6(2)5-7(8)9-3/h8-9H,4-7H2,1-3H3,(H2,13,15)(H,14,16);6H,4-5H2,1-3H3. The highest BCUT2D eigenvalue weighted by atomic mass is 16.6. The van der Waals surface area contributed by atoms with Crippen molar-refractivity contribution >= 4 is 18.0 Å². The van der Waals surface area contributed by atoms with Crippen molar-refractivity contribution in [3.05, 3.63) is 0 Å². The normalized spacial score (nSPS) is 16.7. The van der Waals surface area contributed by atoms with Crippen LogP contribution in [0.3, 0.4) is 0 Å². The van der Waals surface area contributed by atoms with Crippen molar-refractivity contribution in [2.75, 3.05) is 7.11 Å². The molecule has 1 aliphatic carbocycles. The van der Waals surface area contributed by atoms with E-state index in [-0.39, 0.29) is 11.9 Å². The van der Waals surface area contributed by atoms with Crippen LogP contribution in [-0.4, -0.2) is 36.7 Å². The number of nitrogens with one attached hydrogen (secondary N) is 1. The molecule has 2 atom stereocenters. The first-order valence-corrected chi connectivity index (χ1v) is 9.35. The molecule has 7 nitrogen and oxygen atoms in total. The van der Waals surface area contributed by atoms with Gasteiger partial charge in [0.15, 0.2) is 0 Å². The van der Waals surface area contributed by atoms with Crippen LogP contribution < -0.4 is 11.1 Å². The molecule has 0 bridgehead atoms. The van der Waals surface area contributed by atoms with E-state index in [4.69, 9.17) is 10.5 Å². The molecule has 0 aromatic heterocycles. The van der Waals surface area contributed by atoms with Crippen LogP contribution in [0.4, 0.5) is 4.79 Å². The van der Waals surface area contributed by atoms with Gasteiger partial charge in [0.05, 0.1) is 7.11 Å². The van der Waals surface area contributed by atoms with Gasteiger partial charge in [0.2, 0.25) is 5.91 Å². The fourth-order valence-corrected chi connectivity index (χ4v) is 2.66. The number of carbonyl (C=O) groups excluding carboxylic acids is 3. The highest BCUT2D eigenvalue weighted by Gasteiger charge is 2.31. The summed E-state index contributed by atoms with van der Waals surface area (Å²) < 4.78 is 9.60. The number of primary amides is 1. The van der Waals surface area contributed by atoms with Gasteiger partial charge in [0.1, 0.15) is 11.6 Å². The van der Waals surface area contributed by atoms with Crippen LogP contribution in [0.5, 0.6) is 0 Å². The first-order valence-electron chi connectivity index (χ1n) is 9.35. The van der Waals surface area contributed by atoms with Gasteiger partial charge in [-0.15, -0.1) is 0 Å². The molecule has 0 saturated heterocycles. The molecule has 2 unspecified atom stereocenters. The molecule has 0 heterocycles. The number of nitrogens with two attached hydrogens (primary N) is 1. The van der Waals surface area contributed by atoms with Crippen molar-refractivity contribution in [3.63, 3.8) is 0 Å². The Labute approximate surface area is 157 Å². The van der Waals surface area contributed by atoms with E-state index < -0.39 is 23.6 Å². The molecule has 2 amide bonds. The Bertz CT molecular complexity index is 453. The van der Waals surface area contributed by atoms with Crippen molar-refractivity contribution in [2.45, 2.75) is 84.8 Å². The summed E-state index contributed by atoms with van der Waals surface area (Å²) >= 11 is 0. The molecule has 1 rings (SSSR count). The van der Waals surface area contributed by atoms with E-state index in [9.17, 15) is 14.4 Å². The average molecular weight is 373 g/mol. The molecule has 26 heavy (non-hydrogen) atoms. The molecule has 1 fully saturated rings. The summed E-state index contributed by atoms with van der Waals surface area (Å²) in [6.45, 7) is 9.44. The third kappa shape index (κ3) is 10.9. The largest absolute Gasteiger partial charge is 0.469 e. The molecule has 7 heteroatoms. The number of ether oxygens (including phenoxy) is 2. The molecule has 0 aromatic carbocycles. The van der Waals surface area contributed by atoms with Gasteiger partial charge in [-0.2, -0.15) is 0 Å². The summed E-state index contributed by atoms with van der Waals surface area (Å²) in [5, 5.41) is 2.58. The minimum Gasteiger partial charge on any atom is -0.469 e. The number of hydrogen-bond acceptors (Lipinski definition) is 5. The fourth-order valence-electron chi connectivity index (χ4n) is 2.66. The maximum atomic E-state index is 11.6. The molecule has 0 radical (unpaired) electrons. The molecule has 0 aromatic rings. The monoisotopic (exact) mass is 372 g/mol. The first kappa shape index (κ1) is 24.2. The van der Waals surface area contributed by atoms with Crippen molar-refractivity contribution in [1.29, 1.82) is 0 Å². The predicted octanol–water partition coefficient (Wildman–Crippen LogP) is 3.15. The average Bonchev–Trinajstić information content (AvgIpc) is 3.05. The minimum atomic E-state index is -0.604. The van der Waals surface area contributed by atoms with Crippen LogP contribution in [0.1, 0.15) is 73.1 Å². The third-order valence-corrected chi connectivity index (χ3v) is 4.29. The van der Waals surface area contributed by atoms with E-state index in [0.29, 0.717) is 12.3 Å². The highest BCUT2D eigenvalue weighted by molar-refractivity contribution is 5.84. The Morgan fingerprint density at radius 1 is 1.19 bits per heavy atom. The zero-order valence-corrected chi connectivity index (χ0v) is 17.1. The summed E-state index contributed by atoms with van der Waals surface area (Å²) in [6, 6.07) is -0.604. The number of methoxy groups -OCH3 is 1. The maximum Gasteiger partial charge on any atom is 0.408 e. The molecule has 152 valence electrons. The van der Waals surface area contributed by atoms with E-state index in [1.165, 1.54) is 7.11 Å². The van der Waals surface area contributed by atoms with Crippen LogP contribution in [0.25, 0.3) is 0 Å². The Hall–Kier alpha value is -1.79. The van der Waals surface area contributed by atoms with Crippen LogP contribution >= 0.6 is 0 Å². The summed E-state index contributed by atoms with van der Waals surface area (Å²) in [5.74, 6) is 0.0181. The molecule has 1 saturated carbocycles. The Morgan fingerprint density at radius 3 is 2.12 bits per heavy atom. The quantitative estimate of drug-likeness (QED) is 0.696. The summed E-state index contributed by atoms with van der Waals surface area (Å²) in [4.78, 5) is 33.5. The number of alkyl carbamates (subject to hydrolysis) is 1. The maximum absolute atomic E-state index is 11.6. The third-order valence-electron chi connectivity index (χ3n) is 4.29. The molecule has 1 aliphatic rings. The van der Waals surface area contributed by atoms with E-state index in [1.807, 2.05) is 6.92 Å². The van der Waals surface area contributed by atoms with E-state index in [1.54, 1.807) is 20.8 Å². The lowest BCUT2D eigenvalue weighted by molar-refractivity contribution is -0.141. The number of rotatable bonds is 6. The lowest BCUT2D eigenvalue weighted by Crippen LogP contribution is -2.49. The van der Waals surface area contributed by atoms with Gasteiger partial charge in [-0.05, 0) is 45.4 Å². The fraction of sp³-hybridized carbons (Fsp3) is 0.842. The molecular weight excluding hydrogens is 336 g/mol. The zero-order valence-electron chi connectivity index (χ0n) is 17.1. The number of esters is 1. The first-order chi connectivity index (χ1) is 12.0. The van der Waals surface area contributed by atoms with Gasteiger partial charge in [-0.1, -0.05) is 33.1 Å². The van der Waals surface area contributed by atoms with Gasteiger partial charge < -0.3 is 20.5 Å². The lowest BCUT2D eigenvalue weighted by Gasteiger charge is -2.25. The van der Waals surface area contributed by atoms with Crippen LogP contribution in [0.15, 0.2) is 0 Å². The SMILES string of the molecule is CC(C)(C)OC(=O)NC(C(N)=O)C1CCCC1.CCC(C)CC(=O)OC. The number of carbonyl (C=O) groups is 3. The topological polar surface area (TPSA) is 108 Å². The van der Waals surface area contributed by atoms with Crippen molar-refractivity contribution in [2.24, 2.45) is 17.6 Å². The summed E-state index contributed by atoms with van der Waals surface area (Å²) in [6.07, 6.45) is 5.05. The number of hydrogen-bond donors (Lipinski definition) is 2. The van der Waals surface area contributed by atoms with Crippen molar-refractivity contribution < 1.29 is 23.9 Å². The van der Waals surface area contributed by atoms with Crippen LogP contribution in [-0.2, 0) is 19.1 Å². The Kier molecular flexibility index (Phi) is 10.9. The van der Waals surface area contributed by atoms with Crippen molar-refractivity contribution in [1.82, 2.24) is 5.32 Å². The molecule has 0 spiro atoms. The van der Waals surface area contributed by atoms with Gasteiger partial charge in [0.25, 0.3) is 0 Å². The second-order valence-electron chi connectivity index (χ2n) is 7.86. The second kappa shape index (κ2) is 11.8. The van der Waals surface area contributed by atoms with Gasteiger partial charge in [0, 0.05) is 6.42 Å². The molecule has 0 aliphatic heterocycles. The molecule has 3 N–H and O–H groups in total. The van der Waals surface area contributed by atoms with Crippen LogP contribution in [0, 0.1) is 11.8 Å². The van der Waals surface area contributed by atoms with E-state index in [0.717, 1.165) is 32.1 Å². The van der Waals surface area contributed by atoms with Gasteiger partial charge in [-0.3, -0.25) is 9.59 Å². The van der Waals surface area contributed by atoms with Gasteiger partial charge in [-0.25, -0.2) is 4.79 Å². The molecular formula is C19H36N2O5. The summed E-state index contributed by atoms with van der Waals surface area (Å²) in [7, 11) is 1.42. The predicted molar refractivity (Wildman–Crippen MR) is 100 cm³/mol. The highest BCUT2D eigenvalue weighted by Crippen LogP contribution is 2.27.